The van der Waals surface area contributed by atoms with E-state index >= 15 is 0 Å². The maximum Gasteiger partial charge on any atom is 0.220 e. The highest BCUT2D eigenvalue weighted by atomic mass is 127. The van der Waals surface area contributed by atoms with Crippen LogP contribution in [0.25, 0.3) is 0 Å². The van der Waals surface area contributed by atoms with Crippen molar-refractivity contribution in [2.24, 2.45) is 16.8 Å². The number of hydrogen-bond donors (Lipinski definition) is 3. The van der Waals surface area contributed by atoms with Gasteiger partial charge < -0.3 is 25.4 Å². The fraction of sp³-hybridized carbons (Fsp3) is 0.900. The summed E-state index contributed by atoms with van der Waals surface area (Å²) < 4.78 is 11.0. The minimum absolute atomic E-state index is 0. The molecule has 164 valence electrons. The molecule has 1 saturated heterocycles. The molecule has 0 radical (unpaired) electrons. The largest absolute Gasteiger partial charge is 0.381 e. The minimum atomic E-state index is 0. The lowest BCUT2D eigenvalue weighted by molar-refractivity contribution is -0.122. The molecule has 1 atom stereocenters. The van der Waals surface area contributed by atoms with Crippen molar-refractivity contribution in [2.45, 2.75) is 51.4 Å². The van der Waals surface area contributed by atoms with Gasteiger partial charge in [0.25, 0.3) is 0 Å². The monoisotopic (exact) mass is 510 g/mol. The van der Waals surface area contributed by atoms with Crippen LogP contribution >= 0.6 is 24.0 Å². The molecule has 0 spiro atoms. The topological polar surface area (TPSA) is 84.0 Å². The normalized spacial score (nSPS) is 20.5. The third kappa shape index (κ3) is 11.4. The van der Waals surface area contributed by atoms with Gasteiger partial charge in [-0.15, -0.1) is 24.0 Å². The maximum atomic E-state index is 12.0. The SMILES string of the molecule is CN=C(NCCCOCC1CCOC1)NCCNC(=O)CC1CCCCC1.I. The Balaban J connectivity index is 0.00000392. The number of hydrogen-bond acceptors (Lipinski definition) is 4. The summed E-state index contributed by atoms with van der Waals surface area (Å²) in [7, 11) is 1.76. The van der Waals surface area contributed by atoms with Crippen molar-refractivity contribution in [3.8, 4) is 0 Å². The molecule has 1 aliphatic heterocycles. The summed E-state index contributed by atoms with van der Waals surface area (Å²) in [5.41, 5.74) is 0. The van der Waals surface area contributed by atoms with Crippen molar-refractivity contribution < 1.29 is 14.3 Å². The molecule has 1 saturated carbocycles. The van der Waals surface area contributed by atoms with Gasteiger partial charge in [-0.05, 0) is 31.6 Å². The zero-order chi connectivity index (χ0) is 19.2. The summed E-state index contributed by atoms with van der Waals surface area (Å²) in [5, 5.41) is 9.51. The number of nitrogens with zero attached hydrogens (tertiary/aromatic N) is 1. The van der Waals surface area contributed by atoms with Gasteiger partial charge in [-0.25, -0.2) is 0 Å². The zero-order valence-corrected chi connectivity index (χ0v) is 19.7. The van der Waals surface area contributed by atoms with Gasteiger partial charge in [0.15, 0.2) is 5.96 Å². The number of carbonyl (C=O) groups is 1. The molecule has 0 aromatic carbocycles. The van der Waals surface area contributed by atoms with Crippen LogP contribution in [-0.4, -0.2) is 65.0 Å². The first kappa shape index (κ1) is 25.4. The lowest BCUT2D eigenvalue weighted by Gasteiger charge is -2.20. The number of aliphatic imine (C=N–C) groups is 1. The number of ether oxygens (including phenoxy) is 2. The molecule has 1 unspecified atom stereocenters. The molecule has 2 fully saturated rings. The molecule has 7 nitrogen and oxygen atoms in total. The van der Waals surface area contributed by atoms with E-state index in [0.717, 1.165) is 51.8 Å². The van der Waals surface area contributed by atoms with E-state index in [1.165, 1.54) is 32.1 Å². The average Bonchev–Trinajstić information content (AvgIpc) is 3.20. The van der Waals surface area contributed by atoms with Crippen LogP contribution in [0.4, 0.5) is 0 Å². The van der Waals surface area contributed by atoms with E-state index < -0.39 is 0 Å². The third-order valence-corrected chi connectivity index (χ3v) is 5.30. The van der Waals surface area contributed by atoms with Crippen molar-refractivity contribution in [1.82, 2.24) is 16.0 Å². The standard InChI is InChI=1S/C20H38N4O3.HI/c1-21-20(23-9-5-12-26-15-18-8-13-27-16-18)24-11-10-22-19(25)14-17-6-3-2-4-7-17;/h17-18H,2-16H2,1H3,(H,22,25)(H2,21,23,24);1H. The second-order valence-corrected chi connectivity index (χ2v) is 7.64. The molecule has 1 heterocycles. The maximum absolute atomic E-state index is 12.0. The molecule has 2 rings (SSSR count). The highest BCUT2D eigenvalue weighted by Gasteiger charge is 2.17. The number of halogens is 1. The summed E-state index contributed by atoms with van der Waals surface area (Å²) >= 11 is 0. The Labute approximate surface area is 187 Å². The van der Waals surface area contributed by atoms with Crippen LogP contribution in [0.1, 0.15) is 51.4 Å². The van der Waals surface area contributed by atoms with E-state index in [9.17, 15) is 4.79 Å². The van der Waals surface area contributed by atoms with Gasteiger partial charge in [-0.2, -0.15) is 0 Å². The molecular weight excluding hydrogens is 471 g/mol. The van der Waals surface area contributed by atoms with E-state index in [-0.39, 0.29) is 29.9 Å². The van der Waals surface area contributed by atoms with Gasteiger partial charge in [-0.1, -0.05) is 19.3 Å². The smallest absolute Gasteiger partial charge is 0.220 e. The fourth-order valence-corrected chi connectivity index (χ4v) is 3.67. The van der Waals surface area contributed by atoms with Gasteiger partial charge in [0.05, 0.1) is 13.2 Å². The predicted molar refractivity (Wildman–Crippen MR) is 123 cm³/mol. The van der Waals surface area contributed by atoms with Crippen molar-refractivity contribution in [1.29, 1.82) is 0 Å². The third-order valence-electron chi connectivity index (χ3n) is 5.30. The second-order valence-electron chi connectivity index (χ2n) is 7.64. The number of guanidine groups is 1. The Morgan fingerprint density at radius 1 is 1.04 bits per heavy atom. The Morgan fingerprint density at radius 3 is 2.50 bits per heavy atom. The average molecular weight is 510 g/mol. The first-order chi connectivity index (χ1) is 13.3. The van der Waals surface area contributed by atoms with Crippen molar-refractivity contribution >= 4 is 35.8 Å². The van der Waals surface area contributed by atoms with Gasteiger partial charge in [-0.3, -0.25) is 9.79 Å². The molecular formula is C20H39IN4O3. The van der Waals surface area contributed by atoms with Crippen LogP contribution < -0.4 is 16.0 Å². The number of amides is 1. The lowest BCUT2D eigenvalue weighted by atomic mass is 9.87. The van der Waals surface area contributed by atoms with Crippen LogP contribution in [0, 0.1) is 11.8 Å². The minimum Gasteiger partial charge on any atom is -0.381 e. The van der Waals surface area contributed by atoms with Crippen LogP contribution in [0.15, 0.2) is 4.99 Å². The predicted octanol–water partition coefficient (Wildman–Crippen LogP) is 2.30. The summed E-state index contributed by atoms with van der Waals surface area (Å²) in [6.07, 6.45) is 9.04. The Bertz CT molecular complexity index is 439. The Hall–Kier alpha value is -0.610. The lowest BCUT2D eigenvalue weighted by Crippen LogP contribution is -2.42. The number of carbonyl (C=O) groups excluding carboxylic acids is 1. The van der Waals surface area contributed by atoms with Gasteiger partial charge in [0, 0.05) is 52.2 Å². The molecule has 0 aromatic heterocycles. The quantitative estimate of drug-likeness (QED) is 0.172. The zero-order valence-electron chi connectivity index (χ0n) is 17.3. The van der Waals surface area contributed by atoms with Gasteiger partial charge in [0.1, 0.15) is 0 Å². The van der Waals surface area contributed by atoms with Crippen LogP contribution in [0.3, 0.4) is 0 Å². The van der Waals surface area contributed by atoms with E-state index in [1.807, 2.05) is 0 Å². The summed E-state index contributed by atoms with van der Waals surface area (Å²) in [6.45, 7) is 5.37. The van der Waals surface area contributed by atoms with E-state index in [0.29, 0.717) is 31.3 Å². The van der Waals surface area contributed by atoms with Crippen molar-refractivity contribution in [3.63, 3.8) is 0 Å². The first-order valence-electron chi connectivity index (χ1n) is 10.6. The molecule has 28 heavy (non-hydrogen) atoms. The molecule has 0 aromatic rings. The van der Waals surface area contributed by atoms with Gasteiger partial charge >= 0.3 is 0 Å². The molecule has 1 amide bonds. The number of nitrogens with one attached hydrogen (secondary N) is 3. The summed E-state index contributed by atoms with van der Waals surface area (Å²) in [4.78, 5) is 16.2. The van der Waals surface area contributed by atoms with Crippen molar-refractivity contribution in [2.75, 3.05) is 53.1 Å². The van der Waals surface area contributed by atoms with E-state index in [2.05, 4.69) is 20.9 Å². The summed E-state index contributed by atoms with van der Waals surface area (Å²) in [6, 6.07) is 0. The molecule has 2 aliphatic rings. The first-order valence-corrected chi connectivity index (χ1v) is 10.6. The Morgan fingerprint density at radius 2 is 1.79 bits per heavy atom. The number of rotatable bonds is 11. The molecule has 3 N–H and O–H groups in total. The highest BCUT2D eigenvalue weighted by molar-refractivity contribution is 14.0. The van der Waals surface area contributed by atoms with E-state index in [1.54, 1.807) is 7.05 Å². The van der Waals surface area contributed by atoms with Gasteiger partial charge in [0.2, 0.25) is 5.91 Å². The van der Waals surface area contributed by atoms with Crippen LogP contribution in [0.5, 0.6) is 0 Å². The molecule has 1 aliphatic carbocycles. The highest BCUT2D eigenvalue weighted by Crippen LogP contribution is 2.25. The summed E-state index contributed by atoms with van der Waals surface area (Å²) in [5.74, 6) is 2.10. The van der Waals surface area contributed by atoms with Crippen LogP contribution in [0.2, 0.25) is 0 Å². The second kappa shape index (κ2) is 16.2. The van der Waals surface area contributed by atoms with E-state index in [4.69, 9.17) is 9.47 Å². The van der Waals surface area contributed by atoms with Crippen molar-refractivity contribution in [3.05, 3.63) is 0 Å². The molecule has 0 bridgehead atoms. The Kier molecular flexibility index (Phi) is 14.7. The molecule has 8 heteroatoms. The van der Waals surface area contributed by atoms with Crippen LogP contribution in [-0.2, 0) is 14.3 Å². The fourth-order valence-electron chi connectivity index (χ4n) is 3.67.